The van der Waals surface area contributed by atoms with Crippen LogP contribution in [0.25, 0.3) is 11.2 Å². The van der Waals surface area contributed by atoms with E-state index in [9.17, 15) is 0 Å². The minimum Gasteiger partial charge on any atom is -0.425 e. The molecule has 0 bridgehead atoms. The van der Waals surface area contributed by atoms with Crippen LogP contribution in [-0.2, 0) is 0 Å². The lowest BCUT2D eigenvalue weighted by Gasteiger charge is -2.02. The van der Waals surface area contributed by atoms with Gasteiger partial charge in [-0.1, -0.05) is 13.3 Å². The summed E-state index contributed by atoms with van der Waals surface area (Å²) in [5.41, 5.74) is 1.22. The van der Waals surface area contributed by atoms with Crippen molar-refractivity contribution in [2.24, 2.45) is 0 Å². The molecule has 0 fully saturated rings. The van der Waals surface area contributed by atoms with Gasteiger partial charge in [0.1, 0.15) is 6.33 Å². The molecule has 0 radical (unpaired) electrons. The molecule has 2 aromatic heterocycles. The van der Waals surface area contributed by atoms with Crippen LogP contribution in [0.5, 0.6) is 0 Å². The third kappa shape index (κ3) is 1.66. The first kappa shape index (κ1) is 8.93. The number of rotatable bonds is 4. The molecule has 0 atom stereocenters. The lowest BCUT2D eigenvalue weighted by molar-refractivity contribution is 0.590. The Hall–Kier alpha value is -1.65. The largest absolute Gasteiger partial charge is 0.425 e. The van der Waals surface area contributed by atoms with Gasteiger partial charge in [-0.3, -0.25) is 0 Å². The topological polar surface area (TPSA) is 63.8 Å². The van der Waals surface area contributed by atoms with E-state index in [2.05, 4.69) is 27.2 Å². The molecule has 0 aliphatic carbocycles. The second-order valence-electron chi connectivity index (χ2n) is 3.01. The number of nitrogens with zero attached hydrogens (tertiary/aromatic N) is 3. The number of hydrogen-bond donors (Lipinski definition) is 1. The summed E-state index contributed by atoms with van der Waals surface area (Å²) in [5.74, 6) is 0.747. The monoisotopic (exact) mass is 192 g/mol. The van der Waals surface area contributed by atoms with Gasteiger partial charge in [0.25, 0.3) is 5.71 Å². The first-order chi connectivity index (χ1) is 6.92. The van der Waals surface area contributed by atoms with Gasteiger partial charge in [0, 0.05) is 6.54 Å². The lowest BCUT2D eigenvalue weighted by atomic mass is 10.3. The number of hydrogen-bond acceptors (Lipinski definition) is 5. The molecule has 14 heavy (non-hydrogen) atoms. The molecule has 0 amide bonds. The maximum atomic E-state index is 5.06. The van der Waals surface area contributed by atoms with Gasteiger partial charge in [-0.25, -0.2) is 9.97 Å². The Morgan fingerprint density at radius 2 is 2.29 bits per heavy atom. The highest BCUT2D eigenvalue weighted by atomic mass is 16.3. The SMILES string of the molecule is CCCCNc1ncnc2ocnc12. The first-order valence-corrected chi connectivity index (χ1v) is 4.70. The minimum absolute atomic E-state index is 0.527. The average Bonchev–Trinajstić information content (AvgIpc) is 2.67. The molecule has 0 unspecified atom stereocenters. The summed E-state index contributed by atoms with van der Waals surface area (Å²) in [7, 11) is 0. The predicted molar refractivity (Wildman–Crippen MR) is 53.0 cm³/mol. The Morgan fingerprint density at radius 3 is 3.14 bits per heavy atom. The summed E-state index contributed by atoms with van der Waals surface area (Å²) in [5, 5.41) is 3.20. The van der Waals surface area contributed by atoms with Crippen LogP contribution in [0.2, 0.25) is 0 Å². The third-order valence-corrected chi connectivity index (χ3v) is 1.96. The Bertz CT molecular complexity index is 412. The Kier molecular flexibility index (Phi) is 2.58. The normalized spacial score (nSPS) is 10.6. The fourth-order valence-electron chi connectivity index (χ4n) is 1.21. The van der Waals surface area contributed by atoms with Crippen molar-refractivity contribution in [2.75, 3.05) is 11.9 Å². The molecule has 2 heterocycles. The zero-order valence-corrected chi connectivity index (χ0v) is 8.03. The van der Waals surface area contributed by atoms with E-state index in [0.717, 1.165) is 25.2 Å². The maximum absolute atomic E-state index is 5.06. The van der Waals surface area contributed by atoms with Gasteiger partial charge in [0.05, 0.1) is 0 Å². The third-order valence-electron chi connectivity index (χ3n) is 1.96. The summed E-state index contributed by atoms with van der Waals surface area (Å²) < 4.78 is 5.06. The van der Waals surface area contributed by atoms with Crippen LogP contribution in [-0.4, -0.2) is 21.5 Å². The van der Waals surface area contributed by atoms with Crippen molar-refractivity contribution in [2.45, 2.75) is 19.8 Å². The van der Waals surface area contributed by atoms with Crippen molar-refractivity contribution in [1.29, 1.82) is 0 Å². The van der Waals surface area contributed by atoms with Crippen LogP contribution in [0.3, 0.4) is 0 Å². The van der Waals surface area contributed by atoms with E-state index in [4.69, 9.17) is 4.42 Å². The first-order valence-electron chi connectivity index (χ1n) is 4.70. The highest BCUT2D eigenvalue weighted by Gasteiger charge is 2.05. The molecular weight excluding hydrogens is 180 g/mol. The molecular formula is C9H12N4O. The predicted octanol–water partition coefficient (Wildman–Crippen LogP) is 1.83. The summed E-state index contributed by atoms with van der Waals surface area (Å²) in [6, 6.07) is 0. The van der Waals surface area contributed by atoms with Crippen LogP contribution in [0.4, 0.5) is 5.82 Å². The molecule has 5 nitrogen and oxygen atoms in total. The second-order valence-corrected chi connectivity index (χ2v) is 3.01. The minimum atomic E-state index is 0.527. The van der Waals surface area contributed by atoms with E-state index in [1.54, 1.807) is 0 Å². The number of aromatic nitrogens is 3. The molecule has 0 aliphatic heterocycles. The van der Waals surface area contributed by atoms with Crippen LogP contribution < -0.4 is 5.32 Å². The van der Waals surface area contributed by atoms with Crippen molar-refractivity contribution < 1.29 is 4.42 Å². The lowest BCUT2D eigenvalue weighted by Crippen LogP contribution is -2.03. The fourth-order valence-corrected chi connectivity index (χ4v) is 1.21. The highest BCUT2D eigenvalue weighted by Crippen LogP contribution is 2.16. The van der Waals surface area contributed by atoms with Crippen molar-refractivity contribution in [3.05, 3.63) is 12.7 Å². The van der Waals surface area contributed by atoms with E-state index in [1.807, 2.05) is 0 Å². The zero-order chi connectivity index (χ0) is 9.80. The molecule has 1 N–H and O–H groups in total. The van der Waals surface area contributed by atoms with E-state index < -0.39 is 0 Å². The van der Waals surface area contributed by atoms with E-state index in [1.165, 1.54) is 12.7 Å². The number of oxazole rings is 1. The van der Waals surface area contributed by atoms with E-state index >= 15 is 0 Å². The second kappa shape index (κ2) is 4.04. The van der Waals surface area contributed by atoms with Gasteiger partial charge in [-0.15, -0.1) is 0 Å². The van der Waals surface area contributed by atoms with E-state index in [-0.39, 0.29) is 0 Å². The fraction of sp³-hybridized carbons (Fsp3) is 0.444. The zero-order valence-electron chi connectivity index (χ0n) is 8.03. The van der Waals surface area contributed by atoms with Crippen LogP contribution in [0.1, 0.15) is 19.8 Å². The van der Waals surface area contributed by atoms with Gasteiger partial charge >= 0.3 is 0 Å². The Morgan fingerprint density at radius 1 is 1.36 bits per heavy atom. The van der Waals surface area contributed by atoms with Gasteiger partial charge in [-0.2, -0.15) is 4.98 Å². The number of anilines is 1. The highest BCUT2D eigenvalue weighted by molar-refractivity contribution is 5.80. The Balaban J connectivity index is 2.19. The summed E-state index contributed by atoms with van der Waals surface area (Å²) in [6.07, 6.45) is 5.12. The van der Waals surface area contributed by atoms with Crippen molar-refractivity contribution in [3.8, 4) is 0 Å². The molecule has 0 aliphatic rings. The summed E-state index contributed by atoms with van der Waals surface area (Å²) in [4.78, 5) is 12.1. The van der Waals surface area contributed by atoms with Gasteiger partial charge in [-0.05, 0) is 6.42 Å². The molecule has 0 saturated heterocycles. The molecule has 74 valence electrons. The van der Waals surface area contributed by atoms with Crippen LogP contribution in [0.15, 0.2) is 17.1 Å². The maximum Gasteiger partial charge on any atom is 0.251 e. The van der Waals surface area contributed by atoms with Gasteiger partial charge in [0.15, 0.2) is 17.7 Å². The van der Waals surface area contributed by atoms with Crippen molar-refractivity contribution in [1.82, 2.24) is 15.0 Å². The molecule has 2 rings (SSSR count). The number of unbranched alkanes of at least 4 members (excludes halogenated alkanes) is 1. The molecule has 5 heteroatoms. The van der Waals surface area contributed by atoms with Gasteiger partial charge in [0.2, 0.25) is 0 Å². The standard InChI is InChI=1S/C9H12N4O/c1-2-3-4-10-8-7-9(12-5-11-8)14-6-13-7/h5-6H,2-4H2,1H3,(H,10,11,12). The summed E-state index contributed by atoms with van der Waals surface area (Å²) in [6.45, 7) is 3.04. The average molecular weight is 192 g/mol. The number of fused-ring (bicyclic) bond motifs is 1. The molecule has 0 aromatic carbocycles. The van der Waals surface area contributed by atoms with Crippen molar-refractivity contribution >= 4 is 17.0 Å². The van der Waals surface area contributed by atoms with Crippen LogP contribution in [0, 0.1) is 0 Å². The quantitative estimate of drug-likeness (QED) is 0.748. The molecule has 0 spiro atoms. The van der Waals surface area contributed by atoms with Crippen LogP contribution >= 0.6 is 0 Å². The Labute approximate surface area is 81.6 Å². The van der Waals surface area contributed by atoms with E-state index in [0.29, 0.717) is 11.2 Å². The number of nitrogens with one attached hydrogen (secondary N) is 1. The van der Waals surface area contributed by atoms with Crippen molar-refractivity contribution in [3.63, 3.8) is 0 Å². The molecule has 2 aromatic rings. The molecule has 0 saturated carbocycles. The smallest absolute Gasteiger partial charge is 0.251 e. The van der Waals surface area contributed by atoms with Gasteiger partial charge < -0.3 is 9.73 Å². The summed E-state index contributed by atoms with van der Waals surface area (Å²) >= 11 is 0.